The van der Waals surface area contributed by atoms with Crippen LogP contribution < -0.4 is 0 Å². The molecule has 6 nitrogen and oxygen atoms in total. The van der Waals surface area contributed by atoms with Gasteiger partial charge in [0.15, 0.2) is 0 Å². The first-order chi connectivity index (χ1) is 15.7. The van der Waals surface area contributed by atoms with E-state index in [-0.39, 0.29) is 10.0 Å². The highest BCUT2D eigenvalue weighted by atomic mass is 35.5. The molecule has 0 aliphatic carbocycles. The number of pyridine rings is 1. The second-order valence-corrected chi connectivity index (χ2v) is 10.2. The molecule has 0 fully saturated rings. The zero-order valence-corrected chi connectivity index (χ0v) is 20.0. The Morgan fingerprint density at radius 2 is 1.73 bits per heavy atom. The van der Waals surface area contributed by atoms with Crippen molar-refractivity contribution in [2.24, 2.45) is 0 Å². The molecule has 0 aliphatic heterocycles. The van der Waals surface area contributed by atoms with Crippen molar-refractivity contribution in [2.45, 2.75) is 31.1 Å². The lowest BCUT2D eigenvalue weighted by Gasteiger charge is -2.13. The van der Waals surface area contributed by atoms with Crippen molar-refractivity contribution >= 4 is 38.5 Å². The Morgan fingerprint density at radius 1 is 1.06 bits per heavy atom. The number of methoxy groups -OCH3 is 1. The third kappa shape index (κ3) is 4.51. The molecule has 170 valence electrons. The number of ether oxygens (including phenoxy) is 1. The third-order valence-electron chi connectivity index (χ3n) is 5.53. The van der Waals surface area contributed by atoms with Gasteiger partial charge in [0.1, 0.15) is 5.15 Å². The summed E-state index contributed by atoms with van der Waals surface area (Å²) >= 11 is 6.07. The van der Waals surface area contributed by atoms with Crippen molar-refractivity contribution in [3.63, 3.8) is 0 Å². The van der Waals surface area contributed by atoms with Gasteiger partial charge in [0, 0.05) is 17.5 Å². The zero-order chi connectivity index (χ0) is 23.8. The first-order valence-electron chi connectivity index (χ1n) is 10.4. The number of carbonyl (C=O) groups excluding carboxylic acids is 1. The number of hydrogen-bond acceptors (Lipinski definition) is 5. The van der Waals surface area contributed by atoms with E-state index in [2.05, 4.69) is 18.8 Å². The maximum absolute atomic E-state index is 13.7. The lowest BCUT2D eigenvalue weighted by atomic mass is 10.0. The van der Waals surface area contributed by atoms with Crippen molar-refractivity contribution in [3.8, 4) is 0 Å². The summed E-state index contributed by atoms with van der Waals surface area (Å²) in [4.78, 5) is 16.0. The molecule has 0 saturated carbocycles. The molecule has 4 aromatic rings. The molecule has 33 heavy (non-hydrogen) atoms. The van der Waals surface area contributed by atoms with E-state index in [9.17, 15) is 13.2 Å². The number of nitrogens with zero attached hydrogens (tertiary/aromatic N) is 2. The summed E-state index contributed by atoms with van der Waals surface area (Å²) in [5.74, 6) is -0.132. The lowest BCUT2D eigenvalue weighted by molar-refractivity contribution is 0.0600. The maximum atomic E-state index is 13.7. The van der Waals surface area contributed by atoms with Gasteiger partial charge < -0.3 is 4.74 Å². The zero-order valence-electron chi connectivity index (χ0n) is 18.4. The normalized spacial score (nSPS) is 11.8. The van der Waals surface area contributed by atoms with Gasteiger partial charge in [-0.1, -0.05) is 49.7 Å². The minimum absolute atomic E-state index is 0.196. The Hall–Kier alpha value is -3.16. The fourth-order valence-electron chi connectivity index (χ4n) is 3.74. The molecule has 0 atom stereocenters. The summed E-state index contributed by atoms with van der Waals surface area (Å²) in [5, 5.41) is 0.964. The van der Waals surface area contributed by atoms with E-state index in [1.807, 2.05) is 12.1 Å². The van der Waals surface area contributed by atoms with Crippen LogP contribution in [0.2, 0.25) is 5.15 Å². The van der Waals surface area contributed by atoms with Crippen LogP contribution in [-0.4, -0.2) is 30.5 Å². The second-order valence-electron chi connectivity index (χ2n) is 8.06. The van der Waals surface area contributed by atoms with Crippen molar-refractivity contribution in [2.75, 3.05) is 7.11 Å². The fourth-order valence-corrected chi connectivity index (χ4v) is 5.43. The van der Waals surface area contributed by atoms with E-state index in [0.717, 1.165) is 11.1 Å². The van der Waals surface area contributed by atoms with Crippen molar-refractivity contribution in [1.82, 2.24) is 8.96 Å². The maximum Gasteiger partial charge on any atom is 0.337 e. The highest BCUT2D eigenvalue weighted by Crippen LogP contribution is 2.29. The van der Waals surface area contributed by atoms with Crippen LogP contribution in [0.1, 0.15) is 46.9 Å². The Balaban J connectivity index is 1.81. The Bertz CT molecular complexity index is 1420. The number of rotatable bonds is 6. The molecular formula is C25H23ClN2O4S. The Morgan fingerprint density at radius 3 is 2.33 bits per heavy atom. The summed E-state index contributed by atoms with van der Waals surface area (Å²) < 4.78 is 33.5. The highest BCUT2D eigenvalue weighted by molar-refractivity contribution is 7.90. The summed E-state index contributed by atoms with van der Waals surface area (Å²) in [7, 11) is -2.57. The number of hydrogen-bond donors (Lipinski definition) is 0. The van der Waals surface area contributed by atoms with Gasteiger partial charge in [0.2, 0.25) is 0 Å². The summed E-state index contributed by atoms with van der Waals surface area (Å²) in [6.07, 6.45) is 1.80. The Kier molecular flexibility index (Phi) is 6.28. The van der Waals surface area contributed by atoms with Crippen molar-refractivity contribution in [1.29, 1.82) is 0 Å². The number of aromatic nitrogens is 2. The van der Waals surface area contributed by atoms with Crippen LogP contribution >= 0.6 is 11.6 Å². The molecule has 0 radical (unpaired) electrons. The van der Waals surface area contributed by atoms with Gasteiger partial charge in [0.05, 0.1) is 29.3 Å². The minimum atomic E-state index is -3.89. The molecule has 0 unspecified atom stereocenters. The number of halogens is 1. The molecule has 0 N–H and O–H groups in total. The van der Waals surface area contributed by atoms with Crippen LogP contribution in [-0.2, 0) is 21.2 Å². The van der Waals surface area contributed by atoms with Gasteiger partial charge in [-0.05, 0) is 53.4 Å². The van der Waals surface area contributed by atoms with E-state index in [1.54, 1.807) is 48.5 Å². The van der Waals surface area contributed by atoms with Gasteiger partial charge in [-0.25, -0.2) is 22.2 Å². The van der Waals surface area contributed by atoms with Gasteiger partial charge in [0.25, 0.3) is 10.0 Å². The van der Waals surface area contributed by atoms with E-state index >= 15 is 0 Å². The molecule has 0 aliphatic rings. The van der Waals surface area contributed by atoms with Crippen LogP contribution in [0.15, 0.2) is 71.8 Å². The summed E-state index contributed by atoms with van der Waals surface area (Å²) in [6, 6.07) is 17.3. The van der Waals surface area contributed by atoms with E-state index in [0.29, 0.717) is 34.5 Å². The summed E-state index contributed by atoms with van der Waals surface area (Å²) in [5.41, 5.74) is 3.35. The molecule has 4 rings (SSSR count). The van der Waals surface area contributed by atoms with E-state index < -0.39 is 16.0 Å². The molecule has 2 aromatic carbocycles. The SMILES string of the molecule is COC(=O)c1ccc(Cc2cc3cc(Cl)ncc3n2S(=O)(=O)c2ccc(C(C)C)cc2)cc1. The molecule has 0 saturated heterocycles. The predicted molar refractivity (Wildman–Crippen MR) is 128 cm³/mol. The highest BCUT2D eigenvalue weighted by Gasteiger charge is 2.24. The van der Waals surface area contributed by atoms with Crippen molar-refractivity contribution in [3.05, 3.63) is 94.4 Å². The van der Waals surface area contributed by atoms with Gasteiger partial charge in [-0.3, -0.25) is 0 Å². The standard InChI is InChI=1S/C25H23ClN2O4S/c1-16(2)18-8-10-22(11-9-18)33(30,31)28-21(13-20-14-24(26)27-15-23(20)28)12-17-4-6-19(7-5-17)25(29)32-3/h4-11,13-16H,12H2,1-3H3. The minimum Gasteiger partial charge on any atom is -0.465 e. The quantitative estimate of drug-likeness (QED) is 0.270. The molecule has 0 amide bonds. The molecule has 8 heteroatoms. The van der Waals surface area contributed by atoms with Crippen LogP contribution in [0.4, 0.5) is 0 Å². The molecular weight excluding hydrogens is 460 g/mol. The number of fused-ring (bicyclic) bond motifs is 1. The number of carbonyl (C=O) groups is 1. The van der Waals surface area contributed by atoms with Crippen LogP contribution in [0.5, 0.6) is 0 Å². The molecule has 0 bridgehead atoms. The smallest absolute Gasteiger partial charge is 0.337 e. The van der Waals surface area contributed by atoms with Crippen LogP contribution in [0, 0.1) is 0 Å². The van der Waals surface area contributed by atoms with E-state index in [1.165, 1.54) is 17.3 Å². The third-order valence-corrected chi connectivity index (χ3v) is 7.51. The monoisotopic (exact) mass is 482 g/mol. The van der Waals surface area contributed by atoms with E-state index in [4.69, 9.17) is 16.3 Å². The Labute approximate surface area is 197 Å². The first-order valence-corrected chi connectivity index (χ1v) is 12.2. The van der Waals surface area contributed by atoms with Crippen LogP contribution in [0.25, 0.3) is 10.9 Å². The molecule has 2 aromatic heterocycles. The number of esters is 1. The number of benzene rings is 2. The molecule has 0 spiro atoms. The van der Waals surface area contributed by atoms with Crippen molar-refractivity contribution < 1.29 is 17.9 Å². The first kappa shape index (κ1) is 23.0. The molecule has 2 heterocycles. The van der Waals surface area contributed by atoms with Gasteiger partial charge >= 0.3 is 5.97 Å². The topological polar surface area (TPSA) is 78.3 Å². The van der Waals surface area contributed by atoms with Crippen LogP contribution in [0.3, 0.4) is 0 Å². The average Bonchev–Trinajstić information content (AvgIpc) is 3.16. The largest absolute Gasteiger partial charge is 0.465 e. The average molecular weight is 483 g/mol. The lowest BCUT2D eigenvalue weighted by Crippen LogP contribution is -2.16. The summed E-state index contributed by atoms with van der Waals surface area (Å²) in [6.45, 7) is 4.11. The second kappa shape index (κ2) is 9.00. The fraction of sp³-hybridized carbons (Fsp3) is 0.200. The predicted octanol–water partition coefficient (Wildman–Crippen LogP) is 5.43. The van der Waals surface area contributed by atoms with Gasteiger partial charge in [-0.15, -0.1) is 0 Å². The van der Waals surface area contributed by atoms with Gasteiger partial charge in [-0.2, -0.15) is 0 Å².